The molecule has 2 aliphatic heterocycles. The second kappa shape index (κ2) is 6.71. The molecule has 0 amide bonds. The third kappa shape index (κ3) is 3.29. The Balaban J connectivity index is 1.61. The van der Waals surface area contributed by atoms with Crippen molar-refractivity contribution in [3.8, 4) is 0 Å². The lowest BCUT2D eigenvalue weighted by molar-refractivity contribution is -0.0531. The van der Waals surface area contributed by atoms with Crippen LogP contribution in [0, 0.1) is 5.82 Å². The van der Waals surface area contributed by atoms with E-state index >= 15 is 0 Å². The third-order valence-electron chi connectivity index (χ3n) is 4.39. The van der Waals surface area contributed by atoms with Crippen molar-refractivity contribution in [1.29, 1.82) is 0 Å². The monoisotopic (exact) mass is 358 g/mol. The zero-order chi connectivity index (χ0) is 14.8. The van der Waals surface area contributed by atoms with Crippen LogP contribution in [0.1, 0.15) is 11.6 Å². The van der Waals surface area contributed by atoms with E-state index in [1.54, 1.807) is 6.07 Å². The molecule has 0 saturated carbocycles. The molecule has 1 atom stereocenters. The Morgan fingerprint density at radius 1 is 1.33 bits per heavy atom. The van der Waals surface area contributed by atoms with E-state index in [4.69, 9.17) is 4.74 Å². The highest BCUT2D eigenvalue weighted by Crippen LogP contribution is 2.29. The number of aliphatic hydroxyl groups is 1. The molecule has 3 rings (SSSR count). The van der Waals surface area contributed by atoms with Gasteiger partial charge in [0.1, 0.15) is 5.82 Å². The number of halogens is 2. The number of rotatable bonds is 4. The zero-order valence-electron chi connectivity index (χ0n) is 11.8. The molecule has 2 fully saturated rings. The van der Waals surface area contributed by atoms with Gasteiger partial charge in [-0.05, 0) is 33.6 Å². The number of hydrogen-bond donors (Lipinski definition) is 1. The Hall–Kier alpha value is -0.530. The van der Waals surface area contributed by atoms with Crippen LogP contribution in [-0.4, -0.2) is 66.9 Å². The maximum Gasteiger partial charge on any atom is 0.137 e. The summed E-state index contributed by atoms with van der Waals surface area (Å²) in [5.41, 5.74) is 0.832. The van der Waals surface area contributed by atoms with Crippen molar-refractivity contribution in [3.05, 3.63) is 34.1 Å². The number of likely N-dealkylation sites (tertiary alicyclic amines) is 1. The molecule has 0 aliphatic carbocycles. The molecule has 21 heavy (non-hydrogen) atoms. The standard InChI is InChI=1S/C15H20BrFN2O2/c16-13-2-1-11(7-14(13)17)15(10-20)19-8-12(9-19)18-3-5-21-6-4-18/h1-2,7,12,15,20H,3-6,8-10H2. The molecule has 0 aromatic heterocycles. The van der Waals surface area contributed by atoms with Crippen molar-refractivity contribution in [1.82, 2.24) is 9.80 Å². The van der Waals surface area contributed by atoms with Crippen LogP contribution < -0.4 is 0 Å². The third-order valence-corrected chi connectivity index (χ3v) is 5.04. The minimum atomic E-state index is -0.281. The molecule has 1 aromatic rings. The zero-order valence-corrected chi connectivity index (χ0v) is 13.4. The fourth-order valence-corrected chi connectivity index (χ4v) is 3.31. The van der Waals surface area contributed by atoms with Gasteiger partial charge in [0.15, 0.2) is 0 Å². The van der Waals surface area contributed by atoms with Gasteiger partial charge in [-0.3, -0.25) is 9.80 Å². The maximum atomic E-state index is 13.7. The van der Waals surface area contributed by atoms with Crippen molar-refractivity contribution < 1.29 is 14.2 Å². The molecule has 0 radical (unpaired) electrons. The molecule has 6 heteroatoms. The minimum absolute atomic E-state index is 0.0108. The summed E-state index contributed by atoms with van der Waals surface area (Å²) >= 11 is 3.16. The van der Waals surface area contributed by atoms with Crippen LogP contribution in [0.5, 0.6) is 0 Å². The molecule has 116 valence electrons. The van der Waals surface area contributed by atoms with Gasteiger partial charge in [0, 0.05) is 32.2 Å². The SMILES string of the molecule is OCC(c1ccc(Br)c(F)c1)N1CC(N2CCOCC2)C1. The van der Waals surface area contributed by atoms with Gasteiger partial charge in [0.2, 0.25) is 0 Å². The van der Waals surface area contributed by atoms with Crippen LogP contribution in [0.4, 0.5) is 4.39 Å². The van der Waals surface area contributed by atoms with Gasteiger partial charge in [0.25, 0.3) is 0 Å². The lowest BCUT2D eigenvalue weighted by Gasteiger charge is -2.49. The number of aliphatic hydroxyl groups excluding tert-OH is 1. The lowest BCUT2D eigenvalue weighted by atomic mass is 9.98. The Morgan fingerprint density at radius 3 is 2.67 bits per heavy atom. The first-order valence-electron chi connectivity index (χ1n) is 7.30. The van der Waals surface area contributed by atoms with Crippen LogP contribution in [0.3, 0.4) is 0 Å². The predicted molar refractivity (Wildman–Crippen MR) is 81.7 cm³/mol. The van der Waals surface area contributed by atoms with E-state index in [9.17, 15) is 9.50 Å². The summed E-state index contributed by atoms with van der Waals surface area (Å²) in [6.45, 7) is 5.42. The quantitative estimate of drug-likeness (QED) is 0.887. The Labute approximate surface area is 132 Å². The largest absolute Gasteiger partial charge is 0.394 e. The second-order valence-electron chi connectivity index (χ2n) is 5.63. The van der Waals surface area contributed by atoms with Crippen LogP contribution in [-0.2, 0) is 4.74 Å². The van der Waals surface area contributed by atoms with E-state index < -0.39 is 0 Å². The first-order chi connectivity index (χ1) is 10.2. The average Bonchev–Trinajstić information content (AvgIpc) is 2.46. The number of morpholine rings is 1. The summed E-state index contributed by atoms with van der Waals surface area (Å²) in [6.07, 6.45) is 0. The Bertz CT molecular complexity index is 491. The van der Waals surface area contributed by atoms with E-state index in [2.05, 4.69) is 25.7 Å². The highest BCUT2D eigenvalue weighted by Gasteiger charge is 2.36. The van der Waals surface area contributed by atoms with Crippen molar-refractivity contribution in [2.45, 2.75) is 12.1 Å². The van der Waals surface area contributed by atoms with Gasteiger partial charge in [-0.15, -0.1) is 0 Å². The number of hydrogen-bond acceptors (Lipinski definition) is 4. The van der Waals surface area contributed by atoms with E-state index in [1.165, 1.54) is 6.07 Å². The maximum absolute atomic E-state index is 13.7. The van der Waals surface area contributed by atoms with E-state index in [0.717, 1.165) is 45.0 Å². The highest BCUT2D eigenvalue weighted by atomic mass is 79.9. The Morgan fingerprint density at radius 2 is 2.05 bits per heavy atom. The number of ether oxygens (including phenoxy) is 1. The summed E-state index contributed by atoms with van der Waals surface area (Å²) < 4.78 is 19.5. The van der Waals surface area contributed by atoms with Gasteiger partial charge in [-0.2, -0.15) is 0 Å². The van der Waals surface area contributed by atoms with Crippen LogP contribution >= 0.6 is 15.9 Å². The molecule has 1 N–H and O–H groups in total. The first-order valence-corrected chi connectivity index (χ1v) is 8.10. The van der Waals surface area contributed by atoms with E-state index in [1.807, 2.05) is 6.07 Å². The van der Waals surface area contributed by atoms with Gasteiger partial charge < -0.3 is 9.84 Å². The molecule has 0 bridgehead atoms. The van der Waals surface area contributed by atoms with Gasteiger partial charge in [-0.1, -0.05) is 6.07 Å². The predicted octanol–water partition coefficient (Wildman–Crippen LogP) is 1.64. The molecule has 4 nitrogen and oxygen atoms in total. The van der Waals surface area contributed by atoms with Crippen LogP contribution in [0.2, 0.25) is 0 Å². The molecule has 1 unspecified atom stereocenters. The molecule has 2 saturated heterocycles. The lowest BCUT2D eigenvalue weighted by Crippen LogP contribution is -2.62. The normalized spacial score (nSPS) is 23.0. The van der Waals surface area contributed by atoms with E-state index in [0.29, 0.717) is 10.5 Å². The smallest absolute Gasteiger partial charge is 0.137 e. The minimum Gasteiger partial charge on any atom is -0.394 e. The summed E-state index contributed by atoms with van der Waals surface area (Å²) in [7, 11) is 0. The van der Waals surface area contributed by atoms with Crippen LogP contribution in [0.15, 0.2) is 22.7 Å². The van der Waals surface area contributed by atoms with Crippen molar-refractivity contribution >= 4 is 15.9 Å². The van der Waals surface area contributed by atoms with E-state index in [-0.39, 0.29) is 18.5 Å². The number of nitrogens with zero attached hydrogens (tertiary/aromatic N) is 2. The second-order valence-corrected chi connectivity index (χ2v) is 6.48. The Kier molecular flexibility index (Phi) is 4.91. The molecular weight excluding hydrogens is 339 g/mol. The van der Waals surface area contributed by atoms with Gasteiger partial charge in [-0.25, -0.2) is 4.39 Å². The average molecular weight is 359 g/mol. The molecule has 1 aromatic carbocycles. The van der Waals surface area contributed by atoms with Crippen LogP contribution in [0.25, 0.3) is 0 Å². The van der Waals surface area contributed by atoms with Crippen molar-refractivity contribution in [2.24, 2.45) is 0 Å². The van der Waals surface area contributed by atoms with Gasteiger partial charge >= 0.3 is 0 Å². The molecular formula is C15H20BrFN2O2. The summed E-state index contributed by atoms with van der Waals surface area (Å²) in [6, 6.07) is 5.49. The number of benzene rings is 1. The molecule has 2 heterocycles. The molecule has 0 spiro atoms. The fourth-order valence-electron chi connectivity index (χ4n) is 3.07. The summed E-state index contributed by atoms with van der Waals surface area (Å²) in [5, 5.41) is 9.66. The summed E-state index contributed by atoms with van der Waals surface area (Å²) in [4.78, 5) is 4.65. The summed E-state index contributed by atoms with van der Waals surface area (Å²) in [5.74, 6) is -0.281. The topological polar surface area (TPSA) is 35.9 Å². The molecule has 2 aliphatic rings. The first kappa shape index (κ1) is 15.4. The highest BCUT2D eigenvalue weighted by molar-refractivity contribution is 9.10. The van der Waals surface area contributed by atoms with Crippen molar-refractivity contribution in [2.75, 3.05) is 46.0 Å². The fraction of sp³-hybridized carbons (Fsp3) is 0.600. The van der Waals surface area contributed by atoms with Crippen molar-refractivity contribution in [3.63, 3.8) is 0 Å². The van der Waals surface area contributed by atoms with Gasteiger partial charge in [0.05, 0.1) is 30.3 Å².